The first kappa shape index (κ1) is 15.1. The Hall–Kier alpha value is -1.34. The van der Waals surface area contributed by atoms with Gasteiger partial charge in [0.15, 0.2) is 5.84 Å². The normalized spacial score (nSPS) is 24.8. The quantitative estimate of drug-likeness (QED) is 0.290. The van der Waals surface area contributed by atoms with E-state index in [9.17, 15) is 4.79 Å². The van der Waals surface area contributed by atoms with E-state index in [1.54, 1.807) is 7.11 Å². The third-order valence-electron chi connectivity index (χ3n) is 4.65. The van der Waals surface area contributed by atoms with Gasteiger partial charge in [0.1, 0.15) is 5.41 Å². The zero-order valence-corrected chi connectivity index (χ0v) is 11.9. The minimum Gasteiger partial charge on any atom is -0.409 e. The van der Waals surface area contributed by atoms with E-state index in [-0.39, 0.29) is 17.3 Å². The molecule has 0 atom stereocenters. The summed E-state index contributed by atoms with van der Waals surface area (Å²) in [6, 6.07) is 0. The molecular weight excluding hydrogens is 262 g/mol. The lowest BCUT2D eigenvalue weighted by Crippen LogP contribution is -2.57. The molecule has 0 aromatic rings. The van der Waals surface area contributed by atoms with E-state index < -0.39 is 5.41 Å². The summed E-state index contributed by atoms with van der Waals surface area (Å²) in [6.45, 7) is 1.32. The second-order valence-corrected chi connectivity index (χ2v) is 5.60. The summed E-state index contributed by atoms with van der Waals surface area (Å²) in [6.07, 6.45) is 3.86. The largest absolute Gasteiger partial charge is 0.409 e. The number of hydrogen-bond donors (Lipinski definition) is 3. The van der Waals surface area contributed by atoms with E-state index in [1.807, 2.05) is 0 Å². The van der Waals surface area contributed by atoms with Crippen molar-refractivity contribution in [2.45, 2.75) is 37.7 Å². The lowest BCUT2D eigenvalue weighted by molar-refractivity contribution is -0.135. The summed E-state index contributed by atoms with van der Waals surface area (Å²) in [5.74, 6) is -0.252. The van der Waals surface area contributed by atoms with E-state index in [2.05, 4.69) is 10.5 Å². The molecule has 1 amide bonds. The van der Waals surface area contributed by atoms with Crippen molar-refractivity contribution in [1.82, 2.24) is 5.32 Å². The Kier molecular flexibility index (Phi) is 4.49. The molecule has 1 aliphatic heterocycles. The fraction of sp³-hybridized carbons (Fsp3) is 0.846. The van der Waals surface area contributed by atoms with Crippen LogP contribution in [0.25, 0.3) is 0 Å². The molecule has 0 aromatic carbocycles. The smallest absolute Gasteiger partial charge is 0.234 e. The van der Waals surface area contributed by atoms with Crippen LogP contribution >= 0.6 is 0 Å². The Labute approximate surface area is 118 Å². The number of rotatable bonds is 5. The van der Waals surface area contributed by atoms with Crippen molar-refractivity contribution in [3.63, 3.8) is 0 Å². The highest BCUT2D eigenvalue weighted by atomic mass is 16.5. The van der Waals surface area contributed by atoms with Crippen LogP contribution < -0.4 is 11.1 Å². The van der Waals surface area contributed by atoms with Gasteiger partial charge in [0.2, 0.25) is 5.91 Å². The average molecular weight is 285 g/mol. The maximum Gasteiger partial charge on any atom is 0.234 e. The van der Waals surface area contributed by atoms with Gasteiger partial charge in [-0.05, 0) is 32.1 Å². The first-order chi connectivity index (χ1) is 9.58. The molecule has 0 aromatic heterocycles. The maximum absolute atomic E-state index is 12.5. The predicted molar refractivity (Wildman–Crippen MR) is 72.5 cm³/mol. The maximum atomic E-state index is 12.5. The van der Waals surface area contributed by atoms with E-state index in [0.717, 1.165) is 19.3 Å². The second-order valence-electron chi connectivity index (χ2n) is 5.60. The molecule has 1 saturated heterocycles. The Morgan fingerprint density at radius 3 is 2.50 bits per heavy atom. The molecule has 7 nitrogen and oxygen atoms in total. The van der Waals surface area contributed by atoms with Gasteiger partial charge < -0.3 is 25.7 Å². The van der Waals surface area contributed by atoms with Crippen molar-refractivity contribution >= 4 is 11.7 Å². The molecule has 0 bridgehead atoms. The Morgan fingerprint density at radius 1 is 1.40 bits per heavy atom. The number of oxime groups is 1. The third-order valence-corrected chi connectivity index (χ3v) is 4.65. The van der Waals surface area contributed by atoms with Crippen LogP contribution in [0.3, 0.4) is 0 Å². The number of amides is 1. The van der Waals surface area contributed by atoms with Crippen LogP contribution in [-0.4, -0.2) is 49.4 Å². The van der Waals surface area contributed by atoms with Gasteiger partial charge in [-0.15, -0.1) is 0 Å². The lowest BCUT2D eigenvalue weighted by atomic mass is 9.76. The third kappa shape index (κ3) is 2.60. The fourth-order valence-corrected chi connectivity index (χ4v) is 2.85. The van der Waals surface area contributed by atoms with Gasteiger partial charge in [-0.3, -0.25) is 4.79 Å². The van der Waals surface area contributed by atoms with Crippen molar-refractivity contribution in [2.75, 3.05) is 26.9 Å². The molecule has 1 saturated carbocycles. The van der Waals surface area contributed by atoms with E-state index >= 15 is 0 Å². The first-order valence-electron chi connectivity index (χ1n) is 6.98. The van der Waals surface area contributed by atoms with Crippen molar-refractivity contribution < 1.29 is 19.5 Å². The van der Waals surface area contributed by atoms with E-state index in [4.69, 9.17) is 20.4 Å². The number of ether oxygens (including phenoxy) is 2. The molecule has 7 heteroatoms. The summed E-state index contributed by atoms with van der Waals surface area (Å²) in [5, 5.41) is 14.9. The average Bonchev–Trinajstić information content (AvgIpc) is 2.46. The van der Waals surface area contributed by atoms with Crippen LogP contribution in [0.15, 0.2) is 5.16 Å². The fourth-order valence-electron chi connectivity index (χ4n) is 2.85. The Morgan fingerprint density at radius 2 is 2.05 bits per heavy atom. The first-order valence-corrected chi connectivity index (χ1v) is 6.98. The molecule has 4 N–H and O–H groups in total. The standard InChI is InChI=1S/C13H23N3O4/c1-19-12(3-2-4-12)9-15-11(17)13(10(14)16-18)5-7-20-8-6-13/h18H,2-9H2,1H3,(H2,14,16)(H,15,17). The molecule has 20 heavy (non-hydrogen) atoms. The Bertz CT molecular complexity index is 382. The number of hydrogen-bond acceptors (Lipinski definition) is 5. The van der Waals surface area contributed by atoms with Gasteiger partial charge in [0.05, 0.1) is 5.60 Å². The van der Waals surface area contributed by atoms with Crippen molar-refractivity contribution in [1.29, 1.82) is 0 Å². The zero-order valence-electron chi connectivity index (χ0n) is 11.9. The van der Waals surface area contributed by atoms with Crippen molar-refractivity contribution in [3.05, 3.63) is 0 Å². The lowest BCUT2D eigenvalue weighted by Gasteiger charge is -2.42. The second kappa shape index (κ2) is 5.97. The van der Waals surface area contributed by atoms with Crippen LogP contribution in [0.1, 0.15) is 32.1 Å². The molecule has 114 valence electrons. The zero-order chi connectivity index (χ0) is 14.6. The summed E-state index contributed by atoms with van der Waals surface area (Å²) >= 11 is 0. The van der Waals surface area contributed by atoms with Crippen molar-refractivity contribution in [2.24, 2.45) is 16.3 Å². The molecular formula is C13H23N3O4. The SMILES string of the molecule is COC1(CNC(=O)C2(C(N)=NO)CCOCC2)CCC1. The van der Waals surface area contributed by atoms with Crippen LogP contribution in [0.4, 0.5) is 0 Å². The number of nitrogens with one attached hydrogen (secondary N) is 1. The number of carbonyl (C=O) groups excluding carboxylic acids is 1. The highest BCUT2D eigenvalue weighted by molar-refractivity contribution is 6.06. The summed E-state index contributed by atoms with van der Waals surface area (Å²) in [5.41, 5.74) is 4.54. The summed E-state index contributed by atoms with van der Waals surface area (Å²) < 4.78 is 10.8. The van der Waals surface area contributed by atoms with Gasteiger partial charge in [-0.2, -0.15) is 0 Å². The van der Waals surface area contributed by atoms with Crippen molar-refractivity contribution in [3.8, 4) is 0 Å². The van der Waals surface area contributed by atoms with E-state index in [1.165, 1.54) is 0 Å². The number of nitrogens with zero attached hydrogens (tertiary/aromatic N) is 1. The van der Waals surface area contributed by atoms with Gasteiger partial charge in [0, 0.05) is 26.9 Å². The number of methoxy groups -OCH3 is 1. The van der Waals surface area contributed by atoms with Crippen LogP contribution in [-0.2, 0) is 14.3 Å². The summed E-state index contributed by atoms with van der Waals surface area (Å²) in [4.78, 5) is 12.5. The molecule has 2 fully saturated rings. The molecule has 1 heterocycles. The molecule has 2 aliphatic rings. The molecule has 0 spiro atoms. The topological polar surface area (TPSA) is 106 Å². The monoisotopic (exact) mass is 285 g/mol. The molecule has 1 aliphatic carbocycles. The minimum atomic E-state index is -0.967. The van der Waals surface area contributed by atoms with Gasteiger partial charge in [0.25, 0.3) is 0 Å². The van der Waals surface area contributed by atoms with Crippen LogP contribution in [0, 0.1) is 5.41 Å². The van der Waals surface area contributed by atoms with Crippen LogP contribution in [0.2, 0.25) is 0 Å². The van der Waals surface area contributed by atoms with Crippen LogP contribution in [0.5, 0.6) is 0 Å². The molecule has 2 rings (SSSR count). The highest BCUT2D eigenvalue weighted by Crippen LogP contribution is 2.35. The van der Waals surface area contributed by atoms with Gasteiger partial charge >= 0.3 is 0 Å². The number of carbonyl (C=O) groups is 1. The molecule has 0 radical (unpaired) electrons. The molecule has 0 unspecified atom stereocenters. The highest BCUT2D eigenvalue weighted by Gasteiger charge is 2.46. The van der Waals surface area contributed by atoms with Gasteiger partial charge in [-0.1, -0.05) is 5.16 Å². The Balaban J connectivity index is 2.03. The predicted octanol–water partition coefficient (Wildman–Crippen LogP) is 0.215. The summed E-state index contributed by atoms with van der Waals surface area (Å²) in [7, 11) is 1.67. The number of amidine groups is 1. The van der Waals surface area contributed by atoms with E-state index in [0.29, 0.717) is 32.6 Å². The number of nitrogens with two attached hydrogens (primary N) is 1. The minimum absolute atomic E-state index is 0.0432. The van der Waals surface area contributed by atoms with Gasteiger partial charge in [-0.25, -0.2) is 0 Å².